The Hall–Kier alpha value is -1.96. The molecule has 0 saturated heterocycles. The van der Waals surface area contributed by atoms with Gasteiger partial charge in [-0.05, 0) is 32.6 Å². The number of carbonyl (C=O) groups is 1. The van der Waals surface area contributed by atoms with Gasteiger partial charge >= 0.3 is 11.7 Å². The van der Waals surface area contributed by atoms with Crippen LogP contribution < -0.4 is 11.2 Å². The summed E-state index contributed by atoms with van der Waals surface area (Å²) >= 11 is 0. The maximum atomic E-state index is 12.5. The SMILES string of the molecule is CCOC(=O)c1nn(C)c(=O)n(C2CCC(OC)CC2)c1=O. The summed E-state index contributed by atoms with van der Waals surface area (Å²) in [5.74, 6) is -0.803. The number of nitrogens with zero attached hydrogens (tertiary/aromatic N) is 3. The predicted octanol–water partition coefficient (Wildman–Crippen LogP) is 0.249. The van der Waals surface area contributed by atoms with Crippen molar-refractivity contribution < 1.29 is 14.3 Å². The molecule has 0 aliphatic heterocycles. The molecule has 0 aromatic carbocycles. The standard InChI is InChI=1S/C14H21N3O5/c1-4-22-13(19)11-12(18)17(14(20)16(2)15-11)9-5-7-10(21-3)8-6-9/h9-10H,4-8H2,1-3H3. The predicted molar refractivity (Wildman–Crippen MR) is 78.0 cm³/mol. The van der Waals surface area contributed by atoms with Crippen LogP contribution in [0.5, 0.6) is 0 Å². The van der Waals surface area contributed by atoms with Crippen molar-refractivity contribution in [2.24, 2.45) is 7.05 Å². The van der Waals surface area contributed by atoms with Crippen LogP contribution >= 0.6 is 0 Å². The van der Waals surface area contributed by atoms with Crippen LogP contribution in [0.2, 0.25) is 0 Å². The van der Waals surface area contributed by atoms with Crippen molar-refractivity contribution in [3.8, 4) is 0 Å². The molecular weight excluding hydrogens is 290 g/mol. The third-order valence-electron chi connectivity index (χ3n) is 3.97. The minimum Gasteiger partial charge on any atom is -0.461 e. The fourth-order valence-corrected chi connectivity index (χ4v) is 2.78. The molecule has 122 valence electrons. The summed E-state index contributed by atoms with van der Waals surface area (Å²) in [6.45, 7) is 1.78. The van der Waals surface area contributed by atoms with Crippen molar-refractivity contribution in [3.05, 3.63) is 26.5 Å². The Morgan fingerprint density at radius 2 is 1.91 bits per heavy atom. The summed E-state index contributed by atoms with van der Waals surface area (Å²) in [7, 11) is 3.07. The van der Waals surface area contributed by atoms with E-state index in [1.807, 2.05) is 0 Å². The molecule has 0 N–H and O–H groups in total. The van der Waals surface area contributed by atoms with Crippen molar-refractivity contribution >= 4 is 5.97 Å². The van der Waals surface area contributed by atoms with Crippen molar-refractivity contribution in [1.29, 1.82) is 0 Å². The zero-order valence-corrected chi connectivity index (χ0v) is 13.1. The first-order valence-electron chi connectivity index (χ1n) is 7.39. The summed E-state index contributed by atoms with van der Waals surface area (Å²) in [5, 5.41) is 3.75. The average Bonchev–Trinajstić information content (AvgIpc) is 2.52. The van der Waals surface area contributed by atoms with Gasteiger partial charge in [0.15, 0.2) is 0 Å². The van der Waals surface area contributed by atoms with E-state index in [9.17, 15) is 14.4 Å². The smallest absolute Gasteiger partial charge is 0.364 e. The van der Waals surface area contributed by atoms with Crippen LogP contribution in [0.15, 0.2) is 9.59 Å². The highest BCUT2D eigenvalue weighted by Gasteiger charge is 2.28. The molecule has 1 heterocycles. The van der Waals surface area contributed by atoms with E-state index >= 15 is 0 Å². The lowest BCUT2D eigenvalue weighted by Gasteiger charge is -2.28. The van der Waals surface area contributed by atoms with E-state index in [-0.39, 0.29) is 24.4 Å². The molecule has 0 atom stereocenters. The van der Waals surface area contributed by atoms with Crippen LogP contribution in [0, 0.1) is 0 Å². The Balaban J connectivity index is 2.41. The third kappa shape index (κ3) is 3.11. The van der Waals surface area contributed by atoms with Gasteiger partial charge in [0.25, 0.3) is 5.56 Å². The molecule has 0 amide bonds. The van der Waals surface area contributed by atoms with Crippen molar-refractivity contribution in [1.82, 2.24) is 14.3 Å². The topological polar surface area (TPSA) is 92.4 Å². The molecular formula is C14H21N3O5. The van der Waals surface area contributed by atoms with Gasteiger partial charge in [-0.3, -0.25) is 9.36 Å². The number of ether oxygens (including phenoxy) is 2. The molecule has 8 nitrogen and oxygen atoms in total. The lowest BCUT2D eigenvalue weighted by atomic mass is 9.93. The molecule has 22 heavy (non-hydrogen) atoms. The first kappa shape index (κ1) is 16.4. The van der Waals surface area contributed by atoms with E-state index < -0.39 is 17.2 Å². The molecule has 1 fully saturated rings. The molecule has 1 aromatic heterocycles. The largest absolute Gasteiger partial charge is 0.461 e. The highest BCUT2D eigenvalue weighted by molar-refractivity contribution is 5.86. The monoisotopic (exact) mass is 311 g/mol. The van der Waals surface area contributed by atoms with E-state index in [2.05, 4.69) is 5.10 Å². The summed E-state index contributed by atoms with van der Waals surface area (Å²) < 4.78 is 12.3. The Kier molecular flexibility index (Phi) is 5.12. The molecule has 0 unspecified atom stereocenters. The first-order chi connectivity index (χ1) is 10.5. The molecule has 0 radical (unpaired) electrons. The minimum absolute atomic E-state index is 0.141. The fraction of sp³-hybridized carbons (Fsp3) is 0.714. The highest BCUT2D eigenvalue weighted by atomic mass is 16.5. The highest BCUT2D eigenvalue weighted by Crippen LogP contribution is 2.27. The van der Waals surface area contributed by atoms with Gasteiger partial charge in [-0.2, -0.15) is 5.10 Å². The molecule has 1 saturated carbocycles. The van der Waals surface area contributed by atoms with E-state index in [1.165, 1.54) is 7.05 Å². The summed E-state index contributed by atoms with van der Waals surface area (Å²) in [6, 6.07) is -0.242. The molecule has 1 aliphatic rings. The third-order valence-corrected chi connectivity index (χ3v) is 3.97. The minimum atomic E-state index is -0.803. The van der Waals surface area contributed by atoms with E-state index in [1.54, 1.807) is 14.0 Å². The van der Waals surface area contributed by atoms with Gasteiger partial charge in [-0.1, -0.05) is 0 Å². The van der Waals surface area contributed by atoms with Crippen molar-refractivity contribution in [3.63, 3.8) is 0 Å². The number of hydrogen-bond donors (Lipinski definition) is 0. The number of aromatic nitrogens is 3. The number of aryl methyl sites for hydroxylation is 1. The second kappa shape index (κ2) is 6.87. The molecule has 1 aliphatic carbocycles. The normalized spacial score (nSPS) is 21.6. The molecule has 2 rings (SSSR count). The van der Waals surface area contributed by atoms with E-state index in [0.29, 0.717) is 12.8 Å². The van der Waals surface area contributed by atoms with Gasteiger partial charge in [0.2, 0.25) is 5.69 Å². The Morgan fingerprint density at radius 3 is 2.45 bits per heavy atom. The first-order valence-corrected chi connectivity index (χ1v) is 7.39. The Morgan fingerprint density at radius 1 is 1.27 bits per heavy atom. The number of hydrogen-bond acceptors (Lipinski definition) is 6. The van der Waals surface area contributed by atoms with Gasteiger partial charge in [-0.15, -0.1) is 0 Å². The maximum Gasteiger partial charge on any atom is 0.364 e. The summed E-state index contributed by atoms with van der Waals surface area (Å²) in [6.07, 6.45) is 3.00. The lowest BCUT2D eigenvalue weighted by Crippen LogP contribution is -2.46. The van der Waals surface area contributed by atoms with Gasteiger partial charge in [0, 0.05) is 20.2 Å². The second-order valence-corrected chi connectivity index (χ2v) is 5.32. The molecule has 8 heteroatoms. The zero-order valence-electron chi connectivity index (χ0n) is 13.1. The molecule has 0 spiro atoms. The van der Waals surface area contributed by atoms with Gasteiger partial charge in [0.05, 0.1) is 12.7 Å². The van der Waals surface area contributed by atoms with Crippen LogP contribution in [-0.2, 0) is 16.5 Å². The number of rotatable bonds is 4. The van der Waals surface area contributed by atoms with Crippen molar-refractivity contribution in [2.45, 2.75) is 44.8 Å². The van der Waals surface area contributed by atoms with Gasteiger partial charge < -0.3 is 9.47 Å². The van der Waals surface area contributed by atoms with E-state index in [0.717, 1.165) is 22.1 Å². The maximum absolute atomic E-state index is 12.5. The number of methoxy groups -OCH3 is 1. The van der Waals surface area contributed by atoms with E-state index in [4.69, 9.17) is 9.47 Å². The van der Waals surface area contributed by atoms with Crippen LogP contribution in [0.1, 0.15) is 49.1 Å². The van der Waals surface area contributed by atoms with Crippen molar-refractivity contribution in [2.75, 3.05) is 13.7 Å². The summed E-state index contributed by atoms with van der Waals surface area (Å²) in [4.78, 5) is 36.5. The van der Waals surface area contributed by atoms with Crippen LogP contribution in [-0.4, -0.2) is 40.1 Å². The molecule has 0 bridgehead atoms. The summed E-state index contributed by atoms with van der Waals surface area (Å²) in [5.41, 5.74) is -1.54. The lowest BCUT2D eigenvalue weighted by molar-refractivity contribution is 0.0500. The second-order valence-electron chi connectivity index (χ2n) is 5.32. The molecule has 1 aromatic rings. The van der Waals surface area contributed by atoms with Crippen LogP contribution in [0.3, 0.4) is 0 Å². The fourth-order valence-electron chi connectivity index (χ4n) is 2.78. The number of esters is 1. The Bertz CT molecular complexity index is 655. The zero-order chi connectivity index (χ0) is 16.3. The van der Waals surface area contributed by atoms with Crippen LogP contribution in [0.4, 0.5) is 0 Å². The average molecular weight is 311 g/mol. The van der Waals surface area contributed by atoms with Crippen LogP contribution in [0.25, 0.3) is 0 Å². The van der Waals surface area contributed by atoms with Gasteiger partial charge in [-0.25, -0.2) is 14.3 Å². The number of carbonyl (C=O) groups excluding carboxylic acids is 1. The Labute approximate surface area is 127 Å². The van der Waals surface area contributed by atoms with Gasteiger partial charge in [0.1, 0.15) is 0 Å². The quantitative estimate of drug-likeness (QED) is 0.740.